The topological polar surface area (TPSA) is 29.1 Å². The maximum Gasteiger partial charge on any atom is 0.228 e. The molecule has 2 aromatic carbocycles. The van der Waals surface area contributed by atoms with Crippen LogP contribution in [0.15, 0.2) is 48.5 Å². The maximum atomic E-state index is 11.4. The molecule has 2 aromatic rings. The Balaban J connectivity index is 1.95. The lowest BCUT2D eigenvalue weighted by Crippen LogP contribution is -2.03. The fraction of sp³-hybridized carbons (Fsp3) is 0.133. The second-order valence-electron chi connectivity index (χ2n) is 4.33. The maximum absolute atomic E-state index is 11.4. The van der Waals surface area contributed by atoms with Gasteiger partial charge in [-0.05, 0) is 29.2 Å². The molecular formula is C15H13NO. The van der Waals surface area contributed by atoms with E-state index in [1.807, 2.05) is 30.3 Å². The summed E-state index contributed by atoms with van der Waals surface area (Å²) < 4.78 is 0. The van der Waals surface area contributed by atoms with E-state index in [-0.39, 0.29) is 5.91 Å². The predicted molar refractivity (Wildman–Crippen MR) is 68.0 cm³/mol. The molecule has 1 aliphatic rings. The summed E-state index contributed by atoms with van der Waals surface area (Å²) in [4.78, 5) is 11.4. The standard InChI is InChI=1S/C15H13NO/c17-15-10-13-12(7-4-8-14(13)16-15)9-11-5-2-1-3-6-11/h1-8H,9-10H2,(H,16,17). The first-order valence-corrected chi connectivity index (χ1v) is 5.77. The van der Waals surface area contributed by atoms with Crippen molar-refractivity contribution in [2.45, 2.75) is 12.8 Å². The fourth-order valence-corrected chi connectivity index (χ4v) is 2.30. The lowest BCUT2D eigenvalue weighted by atomic mass is 9.98. The molecule has 0 atom stereocenters. The van der Waals surface area contributed by atoms with Crippen LogP contribution in [0.5, 0.6) is 0 Å². The van der Waals surface area contributed by atoms with Crippen LogP contribution in [0.25, 0.3) is 0 Å². The quantitative estimate of drug-likeness (QED) is 0.833. The summed E-state index contributed by atoms with van der Waals surface area (Å²) in [7, 11) is 0. The summed E-state index contributed by atoms with van der Waals surface area (Å²) in [6, 6.07) is 16.4. The van der Waals surface area contributed by atoms with E-state index in [1.165, 1.54) is 11.1 Å². The van der Waals surface area contributed by atoms with Gasteiger partial charge in [0.15, 0.2) is 0 Å². The van der Waals surface area contributed by atoms with Gasteiger partial charge in [-0.25, -0.2) is 0 Å². The lowest BCUT2D eigenvalue weighted by Gasteiger charge is -2.07. The summed E-state index contributed by atoms with van der Waals surface area (Å²) >= 11 is 0. The van der Waals surface area contributed by atoms with Crippen LogP contribution in [-0.2, 0) is 17.6 Å². The van der Waals surface area contributed by atoms with Crippen molar-refractivity contribution in [2.75, 3.05) is 5.32 Å². The minimum atomic E-state index is 0.0977. The van der Waals surface area contributed by atoms with Crippen LogP contribution >= 0.6 is 0 Å². The minimum absolute atomic E-state index is 0.0977. The molecule has 0 unspecified atom stereocenters. The summed E-state index contributed by atoms with van der Waals surface area (Å²) in [6.07, 6.45) is 1.40. The van der Waals surface area contributed by atoms with Gasteiger partial charge in [-0.3, -0.25) is 4.79 Å². The molecule has 1 aliphatic heterocycles. The van der Waals surface area contributed by atoms with Gasteiger partial charge >= 0.3 is 0 Å². The van der Waals surface area contributed by atoms with Gasteiger partial charge in [-0.15, -0.1) is 0 Å². The Bertz CT molecular complexity index is 560. The number of rotatable bonds is 2. The Morgan fingerprint density at radius 3 is 2.65 bits per heavy atom. The average Bonchev–Trinajstić information content (AvgIpc) is 2.72. The Labute approximate surface area is 100 Å². The first-order chi connectivity index (χ1) is 8.33. The minimum Gasteiger partial charge on any atom is -0.326 e. The number of anilines is 1. The molecule has 84 valence electrons. The summed E-state index contributed by atoms with van der Waals surface area (Å²) in [5.41, 5.74) is 4.65. The zero-order valence-corrected chi connectivity index (χ0v) is 9.44. The number of fused-ring (bicyclic) bond motifs is 1. The highest BCUT2D eigenvalue weighted by Gasteiger charge is 2.19. The van der Waals surface area contributed by atoms with Crippen molar-refractivity contribution in [1.82, 2.24) is 0 Å². The van der Waals surface area contributed by atoms with E-state index >= 15 is 0 Å². The van der Waals surface area contributed by atoms with Crippen LogP contribution < -0.4 is 5.32 Å². The molecule has 0 aromatic heterocycles. The number of nitrogens with one attached hydrogen (secondary N) is 1. The number of carbonyl (C=O) groups is 1. The molecule has 1 amide bonds. The van der Waals surface area contributed by atoms with Gasteiger partial charge in [0.05, 0.1) is 6.42 Å². The monoisotopic (exact) mass is 223 g/mol. The van der Waals surface area contributed by atoms with Gasteiger partial charge in [-0.1, -0.05) is 42.5 Å². The first kappa shape index (κ1) is 10.1. The van der Waals surface area contributed by atoms with Gasteiger partial charge in [0.25, 0.3) is 0 Å². The highest BCUT2D eigenvalue weighted by Crippen LogP contribution is 2.27. The molecule has 2 nitrogen and oxygen atoms in total. The molecule has 0 bridgehead atoms. The third-order valence-corrected chi connectivity index (χ3v) is 3.12. The first-order valence-electron chi connectivity index (χ1n) is 5.77. The van der Waals surface area contributed by atoms with Crippen molar-refractivity contribution in [3.63, 3.8) is 0 Å². The zero-order valence-electron chi connectivity index (χ0n) is 9.44. The second-order valence-corrected chi connectivity index (χ2v) is 4.33. The highest BCUT2D eigenvalue weighted by molar-refractivity contribution is 5.99. The summed E-state index contributed by atoms with van der Waals surface area (Å²) in [6.45, 7) is 0. The third kappa shape index (κ3) is 1.94. The Kier molecular flexibility index (Phi) is 2.41. The van der Waals surface area contributed by atoms with Crippen LogP contribution in [0.1, 0.15) is 16.7 Å². The van der Waals surface area contributed by atoms with Gasteiger partial charge in [-0.2, -0.15) is 0 Å². The molecule has 1 heterocycles. The van der Waals surface area contributed by atoms with Crippen molar-refractivity contribution in [3.8, 4) is 0 Å². The van der Waals surface area contributed by atoms with Gasteiger partial charge in [0.2, 0.25) is 5.91 Å². The molecule has 0 spiro atoms. The Morgan fingerprint density at radius 1 is 1.00 bits per heavy atom. The van der Waals surface area contributed by atoms with Crippen molar-refractivity contribution < 1.29 is 4.79 Å². The normalized spacial score (nSPS) is 13.3. The number of carbonyl (C=O) groups excluding carboxylic acids is 1. The van der Waals surface area contributed by atoms with Crippen molar-refractivity contribution in [1.29, 1.82) is 0 Å². The van der Waals surface area contributed by atoms with Gasteiger partial charge < -0.3 is 5.32 Å². The van der Waals surface area contributed by atoms with Crippen molar-refractivity contribution >= 4 is 11.6 Å². The van der Waals surface area contributed by atoms with E-state index in [0.29, 0.717) is 6.42 Å². The van der Waals surface area contributed by atoms with E-state index < -0.39 is 0 Å². The number of amides is 1. The molecule has 0 radical (unpaired) electrons. The van der Waals surface area contributed by atoms with E-state index in [0.717, 1.165) is 17.7 Å². The van der Waals surface area contributed by atoms with Crippen LogP contribution in [-0.4, -0.2) is 5.91 Å². The van der Waals surface area contributed by atoms with Gasteiger partial charge in [0, 0.05) is 5.69 Å². The summed E-state index contributed by atoms with van der Waals surface area (Å²) in [5, 5.41) is 2.88. The predicted octanol–water partition coefficient (Wildman–Crippen LogP) is 2.77. The molecule has 17 heavy (non-hydrogen) atoms. The van der Waals surface area contributed by atoms with Crippen LogP contribution in [0, 0.1) is 0 Å². The molecular weight excluding hydrogens is 210 g/mol. The molecule has 0 saturated carbocycles. The number of benzene rings is 2. The van der Waals surface area contributed by atoms with Crippen molar-refractivity contribution in [3.05, 3.63) is 65.2 Å². The van der Waals surface area contributed by atoms with Gasteiger partial charge in [0.1, 0.15) is 0 Å². The molecule has 0 saturated heterocycles. The third-order valence-electron chi connectivity index (χ3n) is 3.12. The number of hydrogen-bond acceptors (Lipinski definition) is 1. The lowest BCUT2D eigenvalue weighted by molar-refractivity contribution is -0.115. The Hall–Kier alpha value is -2.09. The second kappa shape index (κ2) is 4.06. The van der Waals surface area contributed by atoms with E-state index in [2.05, 4.69) is 23.5 Å². The SMILES string of the molecule is O=C1Cc2c(Cc3ccccc3)cccc2N1. The summed E-state index contributed by atoms with van der Waals surface area (Å²) in [5.74, 6) is 0.0977. The van der Waals surface area contributed by atoms with Crippen LogP contribution in [0.3, 0.4) is 0 Å². The molecule has 1 N–H and O–H groups in total. The highest BCUT2D eigenvalue weighted by atomic mass is 16.1. The Morgan fingerprint density at radius 2 is 1.82 bits per heavy atom. The van der Waals surface area contributed by atoms with E-state index in [1.54, 1.807) is 0 Å². The fourth-order valence-electron chi connectivity index (χ4n) is 2.30. The smallest absolute Gasteiger partial charge is 0.228 e. The number of hydrogen-bond donors (Lipinski definition) is 1. The van der Waals surface area contributed by atoms with E-state index in [4.69, 9.17) is 0 Å². The van der Waals surface area contributed by atoms with Crippen molar-refractivity contribution in [2.24, 2.45) is 0 Å². The zero-order chi connectivity index (χ0) is 11.7. The molecule has 0 fully saturated rings. The largest absolute Gasteiger partial charge is 0.326 e. The molecule has 0 aliphatic carbocycles. The molecule has 2 heteroatoms. The van der Waals surface area contributed by atoms with E-state index in [9.17, 15) is 4.79 Å². The van der Waals surface area contributed by atoms with Crippen LogP contribution in [0.4, 0.5) is 5.69 Å². The average molecular weight is 223 g/mol. The van der Waals surface area contributed by atoms with Crippen LogP contribution in [0.2, 0.25) is 0 Å². The molecule has 3 rings (SSSR count).